The SMILES string of the molecule is COc1ccc2c(O[C@@H]3C[C@H]4C(=O)N[C@]5(C(C)=O)C[C@H]5/C=C\CCCCN(C)C(=O)[C@@H]4C3)cc(-c3nc(C(C)C)cs3)nc2c1C. The van der Waals surface area contributed by atoms with Gasteiger partial charge in [-0.05, 0) is 70.4 Å². The Morgan fingerprint density at radius 3 is 2.63 bits per heavy atom. The number of nitrogens with one attached hydrogen (secondary N) is 1. The lowest BCUT2D eigenvalue weighted by molar-refractivity contribution is -0.140. The zero-order valence-electron chi connectivity index (χ0n) is 27.6. The van der Waals surface area contributed by atoms with Crippen LogP contribution in [0, 0.1) is 24.7 Å². The van der Waals surface area contributed by atoms with E-state index in [0.717, 1.165) is 52.2 Å². The standard InChI is InChI=1S/C36H44N4O5S/c1-20(2)29-19-46-34(38-29)28-17-31(25-12-13-30(44-6)21(3)32(25)37-28)45-24-15-26-27(16-24)35(43)40(5)14-10-8-7-9-11-23-18-36(23,22(4)41)39-33(26)42/h9,11-13,17,19-20,23-24,26-27H,7-8,10,14-16,18H2,1-6H3,(H,39,42)/b11-9-/t23-,24-,26-,27-,36+/m1/s1. The first-order valence-corrected chi connectivity index (χ1v) is 17.3. The van der Waals surface area contributed by atoms with Gasteiger partial charge in [0, 0.05) is 41.9 Å². The van der Waals surface area contributed by atoms with Gasteiger partial charge in [0.25, 0.3) is 0 Å². The van der Waals surface area contributed by atoms with E-state index in [0.29, 0.717) is 43.2 Å². The predicted molar refractivity (Wildman–Crippen MR) is 179 cm³/mol. The number of aromatic nitrogens is 2. The molecule has 2 fully saturated rings. The first kappa shape index (κ1) is 32.2. The van der Waals surface area contributed by atoms with Gasteiger partial charge in [-0.2, -0.15) is 0 Å². The Morgan fingerprint density at radius 2 is 1.91 bits per heavy atom. The van der Waals surface area contributed by atoms with E-state index >= 15 is 0 Å². The summed E-state index contributed by atoms with van der Waals surface area (Å²) in [6.45, 7) is 8.39. The van der Waals surface area contributed by atoms with Gasteiger partial charge in [-0.15, -0.1) is 11.3 Å². The Kier molecular flexibility index (Phi) is 8.93. The van der Waals surface area contributed by atoms with Crippen LogP contribution in [0.25, 0.3) is 21.6 Å². The number of fused-ring (bicyclic) bond motifs is 3. The number of aryl methyl sites for hydroxylation is 1. The van der Waals surface area contributed by atoms with Crippen LogP contribution >= 0.6 is 11.3 Å². The maximum atomic E-state index is 13.9. The molecule has 0 unspecified atom stereocenters. The van der Waals surface area contributed by atoms with Crippen molar-refractivity contribution in [1.29, 1.82) is 0 Å². The van der Waals surface area contributed by atoms with Crippen molar-refractivity contribution < 1.29 is 23.9 Å². The van der Waals surface area contributed by atoms with E-state index in [1.54, 1.807) is 30.3 Å². The molecule has 3 aliphatic rings. The minimum Gasteiger partial charge on any atom is -0.496 e. The molecule has 5 atom stereocenters. The summed E-state index contributed by atoms with van der Waals surface area (Å²) in [7, 11) is 3.46. The van der Waals surface area contributed by atoms with Gasteiger partial charge in [-0.3, -0.25) is 14.4 Å². The third-order valence-electron chi connectivity index (χ3n) is 10.0. The van der Waals surface area contributed by atoms with E-state index in [-0.39, 0.29) is 29.6 Å². The van der Waals surface area contributed by atoms with Gasteiger partial charge in [0.15, 0.2) is 5.78 Å². The third-order valence-corrected chi connectivity index (χ3v) is 10.9. The molecule has 0 radical (unpaired) electrons. The van der Waals surface area contributed by atoms with E-state index in [2.05, 4.69) is 36.7 Å². The molecule has 0 saturated heterocycles. The number of ether oxygens (including phenoxy) is 2. The number of amides is 2. The second kappa shape index (κ2) is 12.8. The van der Waals surface area contributed by atoms with Crippen LogP contribution in [-0.2, 0) is 14.4 Å². The molecule has 46 heavy (non-hydrogen) atoms. The number of allylic oxidation sites excluding steroid dienone is 1. The minimum atomic E-state index is -0.883. The van der Waals surface area contributed by atoms with Gasteiger partial charge in [0.05, 0.1) is 30.2 Å². The number of thiazole rings is 1. The molecule has 1 aromatic carbocycles. The van der Waals surface area contributed by atoms with Crippen molar-refractivity contribution in [2.45, 2.75) is 83.8 Å². The quantitative estimate of drug-likeness (QED) is 0.317. The summed E-state index contributed by atoms with van der Waals surface area (Å²) < 4.78 is 12.4. The number of rotatable bonds is 6. The number of pyridine rings is 1. The average molecular weight is 645 g/mol. The van der Waals surface area contributed by atoms with Crippen molar-refractivity contribution in [3.8, 4) is 22.2 Å². The summed E-state index contributed by atoms with van der Waals surface area (Å²) in [5, 5.41) is 6.80. The largest absolute Gasteiger partial charge is 0.496 e. The maximum Gasteiger partial charge on any atom is 0.226 e. The van der Waals surface area contributed by atoms with Crippen molar-refractivity contribution in [3.05, 3.63) is 47.0 Å². The molecule has 244 valence electrons. The van der Waals surface area contributed by atoms with Gasteiger partial charge in [-0.1, -0.05) is 26.0 Å². The topological polar surface area (TPSA) is 111 Å². The zero-order chi connectivity index (χ0) is 32.7. The molecule has 1 aliphatic heterocycles. The van der Waals surface area contributed by atoms with Crippen LogP contribution in [0.5, 0.6) is 11.5 Å². The molecule has 2 aliphatic carbocycles. The summed E-state index contributed by atoms with van der Waals surface area (Å²) >= 11 is 1.55. The Bertz CT molecular complexity index is 1700. The summed E-state index contributed by atoms with van der Waals surface area (Å²) in [6, 6.07) is 5.78. The number of hydrogen-bond acceptors (Lipinski definition) is 8. The second-order valence-corrected chi connectivity index (χ2v) is 14.3. The molecular formula is C36H44N4O5S. The fourth-order valence-corrected chi connectivity index (χ4v) is 7.98. The van der Waals surface area contributed by atoms with Crippen molar-refractivity contribution in [1.82, 2.24) is 20.2 Å². The number of carbonyl (C=O) groups excluding carboxylic acids is 3. The van der Waals surface area contributed by atoms with Gasteiger partial charge in [0.1, 0.15) is 33.8 Å². The molecular weight excluding hydrogens is 600 g/mol. The lowest BCUT2D eigenvalue weighted by Gasteiger charge is -2.26. The van der Waals surface area contributed by atoms with Crippen molar-refractivity contribution in [2.75, 3.05) is 20.7 Å². The number of ketones is 1. The van der Waals surface area contributed by atoms with Crippen LogP contribution < -0.4 is 14.8 Å². The Morgan fingerprint density at radius 1 is 1.13 bits per heavy atom. The predicted octanol–water partition coefficient (Wildman–Crippen LogP) is 6.23. The number of nitrogens with zero attached hydrogens (tertiary/aromatic N) is 3. The first-order valence-electron chi connectivity index (χ1n) is 16.4. The summed E-state index contributed by atoms with van der Waals surface area (Å²) in [5.41, 5.74) is 2.48. The van der Waals surface area contributed by atoms with Gasteiger partial charge < -0.3 is 19.7 Å². The molecule has 10 heteroatoms. The maximum absolute atomic E-state index is 13.9. The molecule has 3 heterocycles. The third kappa shape index (κ3) is 6.04. The molecule has 0 spiro atoms. The number of carbonyl (C=O) groups is 3. The number of methoxy groups -OCH3 is 1. The number of Topliss-reactive ketones (excluding diaryl/α,β-unsaturated/α-hetero) is 1. The van der Waals surface area contributed by atoms with Crippen molar-refractivity contribution >= 4 is 39.8 Å². The summed E-state index contributed by atoms with van der Waals surface area (Å²) in [5.74, 6) is 0.161. The fraction of sp³-hybridized carbons (Fsp3) is 0.528. The zero-order valence-corrected chi connectivity index (χ0v) is 28.4. The van der Waals surface area contributed by atoms with E-state index in [9.17, 15) is 14.4 Å². The normalized spacial score (nSPS) is 27.5. The van der Waals surface area contributed by atoms with E-state index in [1.165, 1.54) is 0 Å². The lowest BCUT2D eigenvalue weighted by atomic mass is 9.92. The molecule has 2 aromatic heterocycles. The van der Waals surface area contributed by atoms with Crippen LogP contribution in [0.4, 0.5) is 0 Å². The molecule has 1 N–H and O–H groups in total. The van der Waals surface area contributed by atoms with Gasteiger partial charge >= 0.3 is 0 Å². The minimum absolute atomic E-state index is 0.00827. The summed E-state index contributed by atoms with van der Waals surface area (Å²) in [4.78, 5) is 52.2. The van der Waals surface area contributed by atoms with E-state index in [4.69, 9.17) is 19.4 Å². The van der Waals surface area contributed by atoms with Crippen LogP contribution in [0.2, 0.25) is 0 Å². The molecule has 6 rings (SSSR count). The van der Waals surface area contributed by atoms with E-state index in [1.807, 2.05) is 32.2 Å². The Hall–Kier alpha value is -3.79. The molecule has 0 bridgehead atoms. The lowest BCUT2D eigenvalue weighted by Crippen LogP contribution is -2.48. The molecule has 2 amide bonds. The Balaban J connectivity index is 1.35. The summed E-state index contributed by atoms with van der Waals surface area (Å²) in [6.07, 6.45) is 7.89. The highest BCUT2D eigenvalue weighted by molar-refractivity contribution is 7.13. The van der Waals surface area contributed by atoms with Crippen LogP contribution in [0.15, 0.2) is 35.7 Å². The molecule has 2 saturated carbocycles. The highest BCUT2D eigenvalue weighted by Gasteiger charge is 2.59. The smallest absolute Gasteiger partial charge is 0.226 e. The number of hydrogen-bond donors (Lipinski definition) is 1. The van der Waals surface area contributed by atoms with Crippen LogP contribution in [0.3, 0.4) is 0 Å². The average Bonchev–Trinajstić information content (AvgIpc) is 3.33. The molecule has 9 nitrogen and oxygen atoms in total. The van der Waals surface area contributed by atoms with Crippen molar-refractivity contribution in [3.63, 3.8) is 0 Å². The fourth-order valence-electron chi connectivity index (χ4n) is 7.04. The molecule has 3 aromatic rings. The monoisotopic (exact) mass is 644 g/mol. The number of benzene rings is 1. The Labute approximate surface area is 274 Å². The van der Waals surface area contributed by atoms with Gasteiger partial charge in [0.2, 0.25) is 11.8 Å². The first-order chi connectivity index (χ1) is 22.0. The highest BCUT2D eigenvalue weighted by Crippen LogP contribution is 2.47. The van der Waals surface area contributed by atoms with Crippen molar-refractivity contribution in [2.24, 2.45) is 17.8 Å². The van der Waals surface area contributed by atoms with E-state index < -0.39 is 17.4 Å². The highest BCUT2D eigenvalue weighted by atomic mass is 32.1. The second-order valence-electron chi connectivity index (χ2n) is 13.5. The van der Waals surface area contributed by atoms with Crippen LogP contribution in [0.1, 0.15) is 76.5 Å². The van der Waals surface area contributed by atoms with Gasteiger partial charge in [-0.25, -0.2) is 9.97 Å². The van der Waals surface area contributed by atoms with Crippen LogP contribution in [-0.4, -0.2) is 64.8 Å².